The number of nitrogens with zero attached hydrogens (tertiary/aromatic N) is 3. The fraction of sp³-hybridized carbons (Fsp3) is 0.667. The van der Waals surface area contributed by atoms with Gasteiger partial charge in [0.1, 0.15) is 5.69 Å². The van der Waals surface area contributed by atoms with Crippen LogP contribution in [0.1, 0.15) is 37.8 Å². The minimum Gasteiger partial charge on any atom is -0.347 e. The van der Waals surface area contributed by atoms with Gasteiger partial charge in [0.2, 0.25) is 0 Å². The Morgan fingerprint density at radius 1 is 1.47 bits per heavy atom. The van der Waals surface area contributed by atoms with Gasteiger partial charge in [-0.3, -0.25) is 4.79 Å². The van der Waals surface area contributed by atoms with E-state index in [1.807, 2.05) is 20.8 Å². The average Bonchev–Trinajstić information content (AvgIpc) is 2.85. The zero-order valence-corrected chi connectivity index (χ0v) is 11.4. The summed E-state index contributed by atoms with van der Waals surface area (Å²) >= 11 is 0. The lowest BCUT2D eigenvalue weighted by Gasteiger charge is -2.23. The van der Waals surface area contributed by atoms with Crippen LogP contribution >= 0.6 is 0 Å². The van der Waals surface area contributed by atoms with Crippen LogP contribution < -0.4 is 5.32 Å². The molecule has 1 aromatic rings. The van der Waals surface area contributed by atoms with E-state index in [2.05, 4.69) is 15.3 Å². The van der Waals surface area contributed by atoms with Crippen LogP contribution in [0.5, 0.6) is 0 Å². The maximum atomic E-state index is 12.6. The summed E-state index contributed by atoms with van der Waals surface area (Å²) in [6, 6.07) is 1.17. The smallest absolute Gasteiger partial charge is 0.333 e. The first-order valence-corrected chi connectivity index (χ1v) is 6.34. The standard InChI is InChI=1S/C12H20F2N4O/c1-4-17(5-2)8-9(3)16-11(19)10-6-7-15-18(10)12(13)14/h6-7,9,12H,4-5,8H2,1-3H3,(H,16,19)/t9-/m1/s1. The Morgan fingerprint density at radius 3 is 2.63 bits per heavy atom. The number of nitrogens with one attached hydrogen (secondary N) is 1. The zero-order valence-electron chi connectivity index (χ0n) is 11.4. The Kier molecular flexibility index (Phi) is 5.88. The molecule has 0 saturated carbocycles. The molecule has 1 heterocycles. The molecule has 1 atom stereocenters. The van der Waals surface area contributed by atoms with Gasteiger partial charge in [0.25, 0.3) is 5.91 Å². The van der Waals surface area contributed by atoms with Crippen LogP contribution in [0.2, 0.25) is 0 Å². The second-order valence-corrected chi connectivity index (χ2v) is 4.30. The Bertz CT molecular complexity index is 404. The SMILES string of the molecule is CCN(CC)C[C@@H](C)NC(=O)c1ccnn1C(F)F. The van der Waals surface area contributed by atoms with Crippen molar-refractivity contribution >= 4 is 5.91 Å². The summed E-state index contributed by atoms with van der Waals surface area (Å²) in [6.07, 6.45) is 1.19. The molecule has 1 amide bonds. The summed E-state index contributed by atoms with van der Waals surface area (Å²) in [5.41, 5.74) is -0.124. The Hall–Kier alpha value is -1.50. The quantitative estimate of drug-likeness (QED) is 0.824. The highest BCUT2D eigenvalue weighted by atomic mass is 19.3. The number of alkyl halides is 2. The number of amides is 1. The highest BCUT2D eigenvalue weighted by molar-refractivity contribution is 5.92. The molecule has 1 rings (SSSR count). The first-order chi connectivity index (χ1) is 8.99. The van der Waals surface area contributed by atoms with E-state index >= 15 is 0 Å². The maximum absolute atomic E-state index is 12.6. The van der Waals surface area contributed by atoms with Gasteiger partial charge in [-0.1, -0.05) is 13.8 Å². The minimum absolute atomic E-state index is 0.117. The van der Waals surface area contributed by atoms with Crippen molar-refractivity contribution in [1.82, 2.24) is 20.0 Å². The summed E-state index contributed by atoms with van der Waals surface area (Å²) < 4.78 is 25.6. The molecule has 0 aliphatic rings. The molecule has 108 valence electrons. The average molecular weight is 274 g/mol. The van der Waals surface area contributed by atoms with Crippen molar-refractivity contribution in [2.75, 3.05) is 19.6 Å². The number of carbonyl (C=O) groups is 1. The van der Waals surface area contributed by atoms with Crippen LogP contribution in [0.3, 0.4) is 0 Å². The molecule has 0 fully saturated rings. The van der Waals surface area contributed by atoms with Crippen LogP contribution in [0, 0.1) is 0 Å². The number of carbonyl (C=O) groups excluding carboxylic acids is 1. The minimum atomic E-state index is -2.81. The normalized spacial score (nSPS) is 13.0. The Labute approximate surface area is 111 Å². The van der Waals surface area contributed by atoms with Crippen LogP contribution in [0.4, 0.5) is 8.78 Å². The van der Waals surface area contributed by atoms with Crippen molar-refractivity contribution in [2.24, 2.45) is 0 Å². The fourth-order valence-electron chi connectivity index (χ4n) is 1.86. The Morgan fingerprint density at radius 2 is 2.11 bits per heavy atom. The highest BCUT2D eigenvalue weighted by Gasteiger charge is 2.19. The first kappa shape index (κ1) is 15.6. The Balaban J connectivity index is 2.61. The molecular weight excluding hydrogens is 254 g/mol. The second kappa shape index (κ2) is 7.18. The van der Waals surface area contributed by atoms with Crippen molar-refractivity contribution in [2.45, 2.75) is 33.4 Å². The lowest BCUT2D eigenvalue weighted by molar-refractivity contribution is 0.0506. The second-order valence-electron chi connectivity index (χ2n) is 4.30. The van der Waals surface area contributed by atoms with Gasteiger partial charge < -0.3 is 10.2 Å². The fourth-order valence-corrected chi connectivity index (χ4v) is 1.86. The van der Waals surface area contributed by atoms with Crippen LogP contribution in [0.25, 0.3) is 0 Å². The number of aromatic nitrogens is 2. The number of likely N-dealkylation sites (N-methyl/N-ethyl adjacent to an activating group) is 1. The molecule has 5 nitrogen and oxygen atoms in total. The van der Waals surface area contributed by atoms with E-state index in [4.69, 9.17) is 0 Å². The van der Waals surface area contributed by atoms with Gasteiger partial charge in [0.05, 0.1) is 0 Å². The van der Waals surface area contributed by atoms with Crippen molar-refractivity contribution in [3.63, 3.8) is 0 Å². The van der Waals surface area contributed by atoms with E-state index in [0.29, 0.717) is 11.2 Å². The van der Waals surface area contributed by atoms with Crippen molar-refractivity contribution in [1.29, 1.82) is 0 Å². The monoisotopic (exact) mass is 274 g/mol. The topological polar surface area (TPSA) is 50.2 Å². The van der Waals surface area contributed by atoms with Gasteiger partial charge in [-0.05, 0) is 26.1 Å². The number of hydrogen-bond donors (Lipinski definition) is 1. The van der Waals surface area contributed by atoms with Gasteiger partial charge in [0, 0.05) is 18.8 Å². The molecule has 0 aliphatic carbocycles. The number of halogens is 2. The summed E-state index contributed by atoms with van der Waals surface area (Å²) in [7, 11) is 0. The molecule has 7 heteroatoms. The van der Waals surface area contributed by atoms with E-state index in [-0.39, 0.29) is 11.7 Å². The predicted octanol–water partition coefficient (Wildman–Crippen LogP) is 1.74. The van der Waals surface area contributed by atoms with Gasteiger partial charge >= 0.3 is 6.55 Å². The molecule has 0 radical (unpaired) electrons. The number of rotatable bonds is 7. The summed E-state index contributed by atoms with van der Waals surface area (Å²) in [5, 5.41) is 6.13. The molecular formula is C12H20F2N4O. The van der Waals surface area contributed by atoms with Crippen LogP contribution in [0.15, 0.2) is 12.3 Å². The van der Waals surface area contributed by atoms with Crippen molar-refractivity contribution < 1.29 is 13.6 Å². The highest BCUT2D eigenvalue weighted by Crippen LogP contribution is 2.11. The molecule has 19 heavy (non-hydrogen) atoms. The van der Waals surface area contributed by atoms with E-state index in [1.54, 1.807) is 0 Å². The van der Waals surface area contributed by atoms with E-state index in [1.165, 1.54) is 12.3 Å². The molecule has 1 aromatic heterocycles. The maximum Gasteiger partial charge on any atom is 0.333 e. The molecule has 0 saturated heterocycles. The third-order valence-corrected chi connectivity index (χ3v) is 2.89. The molecule has 0 bridgehead atoms. The largest absolute Gasteiger partial charge is 0.347 e. The van der Waals surface area contributed by atoms with Crippen molar-refractivity contribution in [3.8, 4) is 0 Å². The van der Waals surface area contributed by atoms with E-state index < -0.39 is 12.5 Å². The summed E-state index contributed by atoms with van der Waals surface area (Å²) in [4.78, 5) is 14.0. The lowest BCUT2D eigenvalue weighted by atomic mass is 10.2. The molecule has 0 unspecified atom stereocenters. The zero-order chi connectivity index (χ0) is 14.4. The molecule has 0 aromatic carbocycles. The third kappa shape index (κ3) is 4.27. The summed E-state index contributed by atoms with van der Waals surface area (Å²) in [6.45, 7) is 5.54. The van der Waals surface area contributed by atoms with E-state index in [0.717, 1.165) is 13.1 Å². The van der Waals surface area contributed by atoms with Gasteiger partial charge in [-0.25, -0.2) is 0 Å². The number of hydrogen-bond acceptors (Lipinski definition) is 3. The van der Waals surface area contributed by atoms with Gasteiger partial charge in [0.15, 0.2) is 0 Å². The van der Waals surface area contributed by atoms with Gasteiger partial charge in [-0.15, -0.1) is 0 Å². The van der Waals surface area contributed by atoms with Crippen molar-refractivity contribution in [3.05, 3.63) is 18.0 Å². The van der Waals surface area contributed by atoms with E-state index in [9.17, 15) is 13.6 Å². The molecule has 1 N–H and O–H groups in total. The van der Waals surface area contributed by atoms with Crippen LogP contribution in [-0.4, -0.2) is 46.3 Å². The lowest BCUT2D eigenvalue weighted by Crippen LogP contribution is -2.42. The van der Waals surface area contributed by atoms with Gasteiger partial charge in [-0.2, -0.15) is 18.6 Å². The molecule has 0 spiro atoms. The molecule has 0 aliphatic heterocycles. The third-order valence-electron chi connectivity index (χ3n) is 2.89. The predicted molar refractivity (Wildman–Crippen MR) is 68.2 cm³/mol. The van der Waals surface area contributed by atoms with Crippen LogP contribution in [-0.2, 0) is 0 Å². The first-order valence-electron chi connectivity index (χ1n) is 6.34. The summed E-state index contributed by atoms with van der Waals surface area (Å²) in [5.74, 6) is -0.530.